The smallest absolute Gasteiger partial charge is 0.250 e. The Morgan fingerprint density at radius 2 is 1.97 bits per heavy atom. The fraction of sp³-hybridized carbons (Fsp3) is 0.261. The molecule has 0 aliphatic carbocycles. The van der Waals surface area contributed by atoms with Gasteiger partial charge in [-0.3, -0.25) is 14.6 Å². The fourth-order valence-electron chi connectivity index (χ4n) is 4.00. The van der Waals surface area contributed by atoms with Crippen molar-refractivity contribution in [2.45, 2.75) is 25.2 Å². The van der Waals surface area contributed by atoms with Gasteiger partial charge in [-0.25, -0.2) is 4.39 Å². The average Bonchev–Trinajstić information content (AvgIpc) is 2.73. The summed E-state index contributed by atoms with van der Waals surface area (Å²) >= 11 is 0. The monoisotopic (exact) mass is 391 g/mol. The Morgan fingerprint density at radius 3 is 2.76 bits per heavy atom. The van der Waals surface area contributed by atoms with Gasteiger partial charge in [0.15, 0.2) is 0 Å². The molecule has 5 nitrogen and oxygen atoms in total. The van der Waals surface area contributed by atoms with Crippen molar-refractivity contribution in [1.29, 1.82) is 0 Å². The van der Waals surface area contributed by atoms with Gasteiger partial charge in [0.1, 0.15) is 5.82 Å². The normalized spacial score (nSPS) is 16.7. The zero-order chi connectivity index (χ0) is 20.4. The van der Waals surface area contributed by atoms with E-state index in [0.717, 1.165) is 23.7 Å². The standard InChI is InChI=1S/C23H22FN3O2/c24-18-8-3-5-15(11-18)12-21(28)27-10-4-7-17(14-27)22-19(23(25)29)13-16-6-1-2-9-20(16)26-22/h1-3,5-6,8-9,11,13,17H,4,7,10,12,14H2,(H2,25,29)/t17-/m1/s1. The number of primary amides is 1. The molecule has 3 aromatic rings. The average molecular weight is 391 g/mol. The maximum Gasteiger partial charge on any atom is 0.250 e. The lowest BCUT2D eigenvalue weighted by molar-refractivity contribution is -0.131. The number of aromatic nitrogens is 1. The summed E-state index contributed by atoms with van der Waals surface area (Å²) in [5, 5.41) is 0.861. The second-order valence-electron chi connectivity index (χ2n) is 7.46. The molecule has 29 heavy (non-hydrogen) atoms. The molecule has 0 bridgehead atoms. The van der Waals surface area contributed by atoms with Crippen molar-refractivity contribution in [2.24, 2.45) is 5.73 Å². The third-order valence-corrected chi connectivity index (χ3v) is 5.42. The Kier molecular flexibility index (Phi) is 5.25. The summed E-state index contributed by atoms with van der Waals surface area (Å²) in [4.78, 5) is 31.3. The van der Waals surface area contributed by atoms with Gasteiger partial charge in [-0.2, -0.15) is 0 Å². The quantitative estimate of drug-likeness (QED) is 0.740. The predicted octanol–water partition coefficient (Wildman–Crippen LogP) is 3.42. The summed E-state index contributed by atoms with van der Waals surface area (Å²) in [6.45, 7) is 1.11. The summed E-state index contributed by atoms with van der Waals surface area (Å²) in [6.07, 6.45) is 1.79. The highest BCUT2D eigenvalue weighted by molar-refractivity contribution is 5.97. The van der Waals surface area contributed by atoms with Crippen LogP contribution in [0.3, 0.4) is 0 Å². The third-order valence-electron chi connectivity index (χ3n) is 5.42. The number of rotatable bonds is 4. The zero-order valence-corrected chi connectivity index (χ0v) is 16.0. The topological polar surface area (TPSA) is 76.3 Å². The molecule has 6 heteroatoms. The molecule has 1 fully saturated rings. The minimum Gasteiger partial charge on any atom is -0.366 e. The number of pyridine rings is 1. The molecule has 0 spiro atoms. The molecule has 1 aromatic heterocycles. The highest BCUT2D eigenvalue weighted by Gasteiger charge is 2.28. The molecule has 0 unspecified atom stereocenters. The molecule has 1 aliphatic rings. The Labute approximate surface area is 168 Å². The van der Waals surface area contributed by atoms with Crippen LogP contribution in [0.5, 0.6) is 0 Å². The van der Waals surface area contributed by atoms with Gasteiger partial charge in [0.2, 0.25) is 5.91 Å². The molecule has 1 atom stereocenters. The summed E-state index contributed by atoms with van der Waals surface area (Å²) in [7, 11) is 0. The number of hydrogen-bond acceptors (Lipinski definition) is 3. The van der Waals surface area contributed by atoms with Crippen molar-refractivity contribution in [1.82, 2.24) is 9.88 Å². The Balaban J connectivity index is 1.58. The van der Waals surface area contributed by atoms with Crippen molar-refractivity contribution in [3.63, 3.8) is 0 Å². The molecule has 2 aromatic carbocycles. The highest BCUT2D eigenvalue weighted by Crippen LogP contribution is 2.30. The minimum atomic E-state index is -0.513. The number of nitrogens with zero attached hydrogens (tertiary/aromatic N) is 2. The van der Waals surface area contributed by atoms with E-state index < -0.39 is 5.91 Å². The molecule has 1 aliphatic heterocycles. The first-order valence-electron chi connectivity index (χ1n) is 9.73. The molecule has 0 saturated carbocycles. The number of carbonyl (C=O) groups excluding carboxylic acids is 2. The summed E-state index contributed by atoms with van der Waals surface area (Å²) in [5.41, 5.74) is 8.14. The molecular formula is C23H22FN3O2. The fourth-order valence-corrected chi connectivity index (χ4v) is 4.00. The number of benzene rings is 2. The van der Waals surface area contributed by atoms with E-state index in [1.807, 2.05) is 24.3 Å². The second-order valence-corrected chi connectivity index (χ2v) is 7.46. The van der Waals surface area contributed by atoms with E-state index in [0.29, 0.717) is 29.9 Å². The van der Waals surface area contributed by atoms with Crippen molar-refractivity contribution in [2.75, 3.05) is 13.1 Å². The molecule has 2 amide bonds. The van der Waals surface area contributed by atoms with E-state index in [1.54, 1.807) is 23.1 Å². The van der Waals surface area contributed by atoms with Crippen LogP contribution in [-0.4, -0.2) is 34.8 Å². The maximum atomic E-state index is 13.4. The van der Waals surface area contributed by atoms with E-state index >= 15 is 0 Å². The summed E-state index contributed by atoms with van der Waals surface area (Å²) in [6, 6.07) is 15.5. The van der Waals surface area contributed by atoms with Gasteiger partial charge in [0, 0.05) is 24.4 Å². The van der Waals surface area contributed by atoms with Crippen LogP contribution in [-0.2, 0) is 11.2 Å². The van der Waals surface area contributed by atoms with Gasteiger partial charge in [0.25, 0.3) is 5.91 Å². The molecule has 4 rings (SSSR count). The van der Waals surface area contributed by atoms with Crippen LogP contribution in [0.1, 0.15) is 40.4 Å². The predicted molar refractivity (Wildman–Crippen MR) is 109 cm³/mol. The van der Waals surface area contributed by atoms with Gasteiger partial charge in [-0.05, 0) is 42.7 Å². The number of amides is 2. The summed E-state index contributed by atoms with van der Waals surface area (Å²) < 4.78 is 13.4. The van der Waals surface area contributed by atoms with Crippen LogP contribution in [0.4, 0.5) is 4.39 Å². The highest BCUT2D eigenvalue weighted by atomic mass is 19.1. The first kappa shape index (κ1) is 19.1. The van der Waals surface area contributed by atoms with Crippen LogP contribution in [0, 0.1) is 5.82 Å². The number of halogens is 1. The summed E-state index contributed by atoms with van der Waals surface area (Å²) in [5.74, 6) is -0.978. The number of fused-ring (bicyclic) bond motifs is 1. The van der Waals surface area contributed by atoms with E-state index in [1.165, 1.54) is 12.1 Å². The first-order valence-corrected chi connectivity index (χ1v) is 9.73. The molecule has 2 N–H and O–H groups in total. The van der Waals surface area contributed by atoms with Crippen LogP contribution in [0.2, 0.25) is 0 Å². The van der Waals surface area contributed by atoms with Crippen LogP contribution in [0.25, 0.3) is 10.9 Å². The molecular weight excluding hydrogens is 369 g/mol. The number of para-hydroxylation sites is 1. The number of hydrogen-bond donors (Lipinski definition) is 1. The Bertz CT molecular complexity index is 1080. The number of piperidine rings is 1. The zero-order valence-electron chi connectivity index (χ0n) is 16.0. The van der Waals surface area contributed by atoms with Crippen molar-refractivity contribution in [3.8, 4) is 0 Å². The first-order chi connectivity index (χ1) is 14.0. The van der Waals surface area contributed by atoms with Crippen LogP contribution < -0.4 is 5.73 Å². The third kappa shape index (κ3) is 4.11. The van der Waals surface area contributed by atoms with E-state index in [4.69, 9.17) is 10.7 Å². The Hall–Kier alpha value is -3.28. The SMILES string of the molecule is NC(=O)c1cc2ccccc2nc1[C@@H]1CCCN(C(=O)Cc2cccc(F)c2)C1. The maximum absolute atomic E-state index is 13.4. The van der Waals surface area contributed by atoms with Gasteiger partial charge >= 0.3 is 0 Å². The van der Waals surface area contributed by atoms with Gasteiger partial charge in [-0.1, -0.05) is 30.3 Å². The minimum absolute atomic E-state index is 0.0540. The number of carbonyl (C=O) groups is 2. The van der Waals surface area contributed by atoms with Gasteiger partial charge in [-0.15, -0.1) is 0 Å². The Morgan fingerprint density at radius 1 is 1.14 bits per heavy atom. The molecule has 1 saturated heterocycles. The molecule has 148 valence electrons. The van der Waals surface area contributed by atoms with E-state index in [9.17, 15) is 14.0 Å². The largest absolute Gasteiger partial charge is 0.366 e. The lowest BCUT2D eigenvalue weighted by Crippen LogP contribution is -2.40. The van der Waals surface area contributed by atoms with E-state index in [-0.39, 0.29) is 24.1 Å². The van der Waals surface area contributed by atoms with Crippen molar-refractivity contribution >= 4 is 22.7 Å². The van der Waals surface area contributed by atoms with Crippen molar-refractivity contribution in [3.05, 3.63) is 77.2 Å². The number of nitrogens with two attached hydrogens (primary N) is 1. The lowest BCUT2D eigenvalue weighted by Gasteiger charge is -2.33. The van der Waals surface area contributed by atoms with Gasteiger partial charge in [0.05, 0.1) is 23.2 Å². The molecule has 2 heterocycles. The van der Waals surface area contributed by atoms with E-state index in [2.05, 4.69) is 0 Å². The number of likely N-dealkylation sites (tertiary alicyclic amines) is 1. The van der Waals surface area contributed by atoms with Crippen LogP contribution in [0.15, 0.2) is 54.6 Å². The van der Waals surface area contributed by atoms with Crippen LogP contribution >= 0.6 is 0 Å². The lowest BCUT2D eigenvalue weighted by atomic mass is 9.90. The van der Waals surface area contributed by atoms with Crippen molar-refractivity contribution < 1.29 is 14.0 Å². The van der Waals surface area contributed by atoms with Gasteiger partial charge < -0.3 is 10.6 Å². The second kappa shape index (κ2) is 7.99. The molecule has 0 radical (unpaired) electrons.